The number of aryl methyl sites for hydroxylation is 1. The molecule has 1 fully saturated rings. The average Bonchev–Trinajstić information content (AvgIpc) is 2.53. The van der Waals surface area contributed by atoms with Gasteiger partial charge in [0.25, 0.3) is 0 Å². The molecule has 1 aliphatic rings. The van der Waals surface area contributed by atoms with Gasteiger partial charge in [0, 0.05) is 11.6 Å². The standard InChI is InChI=1S/C19H32N2/c1-5-16-9-11-17(12-10-16)15-18(20-2)19(21(3)4)13-7-6-8-14-19/h9-12,18,20H,5-8,13-15H2,1-4H3. The molecule has 0 heterocycles. The highest BCUT2D eigenvalue weighted by atomic mass is 15.2. The number of likely N-dealkylation sites (N-methyl/N-ethyl adjacent to an activating group) is 2. The van der Waals surface area contributed by atoms with Gasteiger partial charge >= 0.3 is 0 Å². The molecule has 0 radical (unpaired) electrons. The molecule has 0 bridgehead atoms. The van der Waals surface area contributed by atoms with Crippen LogP contribution in [0.3, 0.4) is 0 Å². The molecule has 2 rings (SSSR count). The largest absolute Gasteiger partial charge is 0.315 e. The van der Waals surface area contributed by atoms with Crippen molar-refractivity contribution in [2.45, 2.75) is 63.5 Å². The van der Waals surface area contributed by atoms with Crippen molar-refractivity contribution in [1.82, 2.24) is 10.2 Å². The monoisotopic (exact) mass is 288 g/mol. The molecular formula is C19H32N2. The summed E-state index contributed by atoms with van der Waals surface area (Å²) in [6.45, 7) is 2.22. The molecule has 0 aromatic heterocycles. The number of nitrogens with zero attached hydrogens (tertiary/aromatic N) is 1. The minimum atomic E-state index is 0.316. The normalized spacial score (nSPS) is 19.7. The number of hydrogen-bond acceptors (Lipinski definition) is 2. The molecule has 1 unspecified atom stereocenters. The first-order valence-corrected chi connectivity index (χ1v) is 8.55. The van der Waals surface area contributed by atoms with Crippen molar-refractivity contribution in [2.75, 3.05) is 21.1 Å². The Balaban J connectivity index is 2.16. The summed E-state index contributed by atoms with van der Waals surface area (Å²) in [7, 11) is 6.65. The Kier molecular flexibility index (Phi) is 5.83. The van der Waals surface area contributed by atoms with Crippen LogP contribution in [0.15, 0.2) is 24.3 Å². The van der Waals surface area contributed by atoms with E-state index in [1.807, 2.05) is 0 Å². The Morgan fingerprint density at radius 2 is 1.62 bits per heavy atom. The topological polar surface area (TPSA) is 15.3 Å². The van der Waals surface area contributed by atoms with Crippen LogP contribution in [0, 0.1) is 0 Å². The van der Waals surface area contributed by atoms with Gasteiger partial charge in [0.2, 0.25) is 0 Å². The van der Waals surface area contributed by atoms with Crippen molar-refractivity contribution in [3.8, 4) is 0 Å². The molecule has 1 aromatic rings. The summed E-state index contributed by atoms with van der Waals surface area (Å²) >= 11 is 0. The van der Waals surface area contributed by atoms with Gasteiger partial charge in [-0.2, -0.15) is 0 Å². The van der Waals surface area contributed by atoms with Gasteiger partial charge in [0.05, 0.1) is 0 Å². The zero-order valence-electron chi connectivity index (χ0n) is 14.3. The molecule has 2 nitrogen and oxygen atoms in total. The lowest BCUT2D eigenvalue weighted by atomic mass is 9.73. The highest BCUT2D eigenvalue weighted by Gasteiger charge is 2.40. The van der Waals surface area contributed by atoms with Crippen molar-refractivity contribution in [2.24, 2.45) is 0 Å². The van der Waals surface area contributed by atoms with Crippen LogP contribution in [0.2, 0.25) is 0 Å². The van der Waals surface area contributed by atoms with E-state index >= 15 is 0 Å². The van der Waals surface area contributed by atoms with Crippen LogP contribution in [0.5, 0.6) is 0 Å². The predicted molar refractivity (Wildman–Crippen MR) is 91.9 cm³/mol. The van der Waals surface area contributed by atoms with Gasteiger partial charge in [-0.3, -0.25) is 0 Å². The van der Waals surface area contributed by atoms with Gasteiger partial charge in [-0.05, 0) is 58.0 Å². The van der Waals surface area contributed by atoms with Crippen LogP contribution in [-0.4, -0.2) is 37.6 Å². The Hall–Kier alpha value is -0.860. The van der Waals surface area contributed by atoms with E-state index in [-0.39, 0.29) is 0 Å². The first-order chi connectivity index (χ1) is 10.1. The molecule has 1 saturated carbocycles. The van der Waals surface area contributed by atoms with Crippen molar-refractivity contribution >= 4 is 0 Å². The SMILES string of the molecule is CCc1ccc(CC(NC)C2(N(C)C)CCCCC2)cc1. The van der Waals surface area contributed by atoms with Crippen LogP contribution in [0.25, 0.3) is 0 Å². The fraction of sp³-hybridized carbons (Fsp3) is 0.684. The van der Waals surface area contributed by atoms with Crippen LogP contribution < -0.4 is 5.32 Å². The van der Waals surface area contributed by atoms with Crippen LogP contribution in [-0.2, 0) is 12.8 Å². The van der Waals surface area contributed by atoms with E-state index in [0.717, 1.165) is 12.8 Å². The summed E-state index contributed by atoms with van der Waals surface area (Å²) in [5.74, 6) is 0. The molecule has 2 heteroatoms. The average molecular weight is 288 g/mol. The maximum atomic E-state index is 3.63. The summed E-state index contributed by atoms with van der Waals surface area (Å²) < 4.78 is 0. The first kappa shape index (κ1) is 16.5. The third kappa shape index (κ3) is 3.67. The Labute approximate surface area is 130 Å². The maximum Gasteiger partial charge on any atom is 0.0359 e. The summed E-state index contributed by atoms with van der Waals surface area (Å²) in [5, 5.41) is 3.63. The quantitative estimate of drug-likeness (QED) is 0.859. The lowest BCUT2D eigenvalue weighted by molar-refractivity contribution is 0.0598. The van der Waals surface area contributed by atoms with E-state index in [4.69, 9.17) is 0 Å². The lowest BCUT2D eigenvalue weighted by Gasteiger charge is -2.48. The van der Waals surface area contributed by atoms with Crippen LogP contribution in [0.4, 0.5) is 0 Å². The van der Waals surface area contributed by atoms with E-state index in [0.29, 0.717) is 11.6 Å². The summed E-state index contributed by atoms with van der Waals surface area (Å²) in [6.07, 6.45) is 9.01. The molecule has 1 atom stereocenters. The van der Waals surface area contributed by atoms with E-state index in [1.54, 1.807) is 0 Å². The first-order valence-electron chi connectivity index (χ1n) is 8.55. The number of benzene rings is 1. The van der Waals surface area contributed by atoms with Gasteiger partial charge in [0.15, 0.2) is 0 Å². The van der Waals surface area contributed by atoms with E-state index in [9.17, 15) is 0 Å². The third-order valence-corrected chi connectivity index (χ3v) is 5.48. The molecule has 0 amide bonds. The predicted octanol–water partition coefficient (Wildman–Crippen LogP) is 3.64. The Morgan fingerprint density at radius 1 is 1.05 bits per heavy atom. The fourth-order valence-corrected chi connectivity index (χ4v) is 3.98. The number of nitrogens with one attached hydrogen (secondary N) is 1. The molecule has 1 aliphatic carbocycles. The third-order valence-electron chi connectivity index (χ3n) is 5.48. The summed E-state index contributed by atoms with van der Waals surface area (Å²) in [5.41, 5.74) is 3.20. The Bertz CT molecular complexity index is 416. The highest BCUT2D eigenvalue weighted by Crippen LogP contribution is 2.36. The van der Waals surface area contributed by atoms with E-state index < -0.39 is 0 Å². The van der Waals surface area contributed by atoms with Crippen LogP contribution in [0.1, 0.15) is 50.2 Å². The smallest absolute Gasteiger partial charge is 0.0359 e. The van der Waals surface area contributed by atoms with Gasteiger partial charge in [0.1, 0.15) is 0 Å². The Morgan fingerprint density at radius 3 is 2.10 bits per heavy atom. The zero-order valence-corrected chi connectivity index (χ0v) is 14.3. The van der Waals surface area contributed by atoms with Crippen molar-refractivity contribution in [3.63, 3.8) is 0 Å². The molecule has 1 aromatic carbocycles. The maximum absolute atomic E-state index is 3.63. The van der Waals surface area contributed by atoms with E-state index in [2.05, 4.69) is 62.5 Å². The van der Waals surface area contributed by atoms with E-state index in [1.165, 1.54) is 43.2 Å². The minimum Gasteiger partial charge on any atom is -0.315 e. The number of rotatable bonds is 6. The van der Waals surface area contributed by atoms with Crippen molar-refractivity contribution in [1.29, 1.82) is 0 Å². The zero-order chi connectivity index (χ0) is 15.3. The molecule has 0 saturated heterocycles. The molecule has 0 spiro atoms. The second kappa shape index (κ2) is 7.42. The highest BCUT2D eigenvalue weighted by molar-refractivity contribution is 5.24. The second-order valence-electron chi connectivity index (χ2n) is 6.77. The van der Waals surface area contributed by atoms with Crippen molar-refractivity contribution in [3.05, 3.63) is 35.4 Å². The molecule has 1 N–H and O–H groups in total. The molecule has 118 valence electrons. The summed E-state index contributed by atoms with van der Waals surface area (Å²) in [4.78, 5) is 2.48. The van der Waals surface area contributed by atoms with Gasteiger partial charge in [-0.1, -0.05) is 50.5 Å². The molecule has 21 heavy (non-hydrogen) atoms. The molecular weight excluding hydrogens is 256 g/mol. The fourth-order valence-electron chi connectivity index (χ4n) is 3.98. The molecule has 0 aliphatic heterocycles. The van der Waals surface area contributed by atoms with Crippen molar-refractivity contribution < 1.29 is 0 Å². The van der Waals surface area contributed by atoms with Gasteiger partial charge in [-0.25, -0.2) is 0 Å². The minimum absolute atomic E-state index is 0.316. The second-order valence-corrected chi connectivity index (χ2v) is 6.77. The summed E-state index contributed by atoms with van der Waals surface area (Å²) in [6, 6.07) is 9.72. The van der Waals surface area contributed by atoms with Gasteiger partial charge in [-0.15, -0.1) is 0 Å². The van der Waals surface area contributed by atoms with Crippen LogP contribution >= 0.6 is 0 Å². The number of hydrogen-bond donors (Lipinski definition) is 1. The lowest BCUT2D eigenvalue weighted by Crippen LogP contribution is -2.60. The van der Waals surface area contributed by atoms with Gasteiger partial charge < -0.3 is 10.2 Å².